The number of hydrogen-bond donors (Lipinski definition) is 2. The zero-order valence-corrected chi connectivity index (χ0v) is 13.3. The van der Waals surface area contributed by atoms with Gasteiger partial charge in [-0.1, -0.05) is 19.1 Å². The van der Waals surface area contributed by atoms with E-state index in [2.05, 4.69) is 17.0 Å². The maximum atomic E-state index is 12.4. The van der Waals surface area contributed by atoms with Gasteiger partial charge in [0.05, 0.1) is 4.90 Å². The van der Waals surface area contributed by atoms with Crippen LogP contribution in [0.15, 0.2) is 29.2 Å². The molecule has 0 aliphatic heterocycles. The minimum atomic E-state index is -3.37. The molecule has 0 saturated heterocycles. The molecule has 116 valence electrons. The highest BCUT2D eigenvalue weighted by Gasteiger charge is 2.26. The third kappa shape index (κ3) is 4.05. The minimum absolute atomic E-state index is 0.0983. The molecule has 0 heterocycles. The molecule has 1 aromatic carbocycles. The average Bonchev–Trinajstić information content (AvgIpc) is 3.20. The lowest BCUT2D eigenvalue weighted by molar-refractivity contribution is 0.538. The van der Waals surface area contributed by atoms with Crippen LogP contribution >= 0.6 is 0 Å². The predicted octanol–water partition coefficient (Wildman–Crippen LogP) is 2.41. The molecule has 2 aliphatic rings. The summed E-state index contributed by atoms with van der Waals surface area (Å²) in [5.41, 5.74) is 1.13. The van der Waals surface area contributed by atoms with Gasteiger partial charge < -0.3 is 5.32 Å². The molecule has 2 fully saturated rings. The Bertz CT molecular complexity index is 579. The van der Waals surface area contributed by atoms with Crippen LogP contribution in [0, 0.1) is 5.92 Å². The molecular formula is C16H24N2O2S. The van der Waals surface area contributed by atoms with Crippen molar-refractivity contribution in [3.8, 4) is 0 Å². The van der Waals surface area contributed by atoms with Gasteiger partial charge in [-0.25, -0.2) is 13.1 Å². The quantitative estimate of drug-likeness (QED) is 0.848. The Balaban J connectivity index is 1.61. The highest BCUT2D eigenvalue weighted by Crippen LogP contribution is 2.26. The lowest BCUT2D eigenvalue weighted by Gasteiger charge is -2.13. The van der Waals surface area contributed by atoms with E-state index in [0.717, 1.165) is 31.4 Å². The van der Waals surface area contributed by atoms with Crippen molar-refractivity contribution in [2.75, 3.05) is 0 Å². The van der Waals surface area contributed by atoms with Crippen LogP contribution in [0.2, 0.25) is 0 Å². The summed E-state index contributed by atoms with van der Waals surface area (Å²) >= 11 is 0. The van der Waals surface area contributed by atoms with Gasteiger partial charge in [-0.3, -0.25) is 0 Å². The molecule has 0 bridgehead atoms. The van der Waals surface area contributed by atoms with Crippen LogP contribution in [0.5, 0.6) is 0 Å². The van der Waals surface area contributed by atoms with Crippen LogP contribution in [-0.2, 0) is 16.6 Å². The maximum absolute atomic E-state index is 12.4. The van der Waals surface area contributed by atoms with E-state index in [1.807, 2.05) is 12.1 Å². The molecule has 2 aliphatic carbocycles. The molecule has 0 radical (unpaired) electrons. The Morgan fingerprint density at radius 3 is 2.29 bits per heavy atom. The summed E-state index contributed by atoms with van der Waals surface area (Å²) in [6.45, 7) is 2.99. The zero-order chi connectivity index (χ0) is 14.9. The van der Waals surface area contributed by atoms with E-state index in [0.29, 0.717) is 16.9 Å². The Labute approximate surface area is 127 Å². The van der Waals surface area contributed by atoms with Crippen LogP contribution in [0.3, 0.4) is 0 Å². The van der Waals surface area contributed by atoms with Gasteiger partial charge in [0.25, 0.3) is 0 Å². The van der Waals surface area contributed by atoms with Crippen LogP contribution in [0.1, 0.15) is 44.6 Å². The third-order valence-corrected chi connectivity index (χ3v) is 5.96. The van der Waals surface area contributed by atoms with E-state index < -0.39 is 10.0 Å². The maximum Gasteiger partial charge on any atom is 0.240 e. The lowest BCUT2D eigenvalue weighted by Crippen LogP contribution is -2.32. The largest absolute Gasteiger partial charge is 0.310 e. The molecule has 4 nitrogen and oxygen atoms in total. The summed E-state index contributed by atoms with van der Waals surface area (Å²) in [6, 6.07) is 8.00. The van der Waals surface area contributed by atoms with Crippen molar-refractivity contribution in [1.82, 2.24) is 10.0 Å². The molecule has 0 amide bonds. The summed E-state index contributed by atoms with van der Waals surface area (Å²) in [5, 5.41) is 3.43. The van der Waals surface area contributed by atoms with Gasteiger partial charge in [0.1, 0.15) is 0 Å². The van der Waals surface area contributed by atoms with E-state index >= 15 is 0 Å². The topological polar surface area (TPSA) is 58.2 Å². The second-order valence-electron chi connectivity index (χ2n) is 6.54. The fourth-order valence-corrected chi connectivity index (χ4v) is 4.22. The summed E-state index contributed by atoms with van der Waals surface area (Å²) in [4.78, 5) is 0.372. The molecule has 3 rings (SSSR count). The standard InChI is InChI=1S/C16H24N2O2S/c1-12-2-5-15(10-12)18-21(19,20)16-8-3-13(4-9-16)11-17-14-6-7-14/h3-4,8-9,12,14-15,17-18H,2,5-7,10-11H2,1H3. The Morgan fingerprint density at radius 1 is 1.05 bits per heavy atom. The van der Waals surface area contributed by atoms with Crippen molar-refractivity contribution in [2.45, 2.75) is 62.6 Å². The number of hydrogen-bond acceptors (Lipinski definition) is 3. The predicted molar refractivity (Wildman–Crippen MR) is 83.4 cm³/mol. The van der Waals surface area contributed by atoms with E-state index in [4.69, 9.17) is 0 Å². The number of sulfonamides is 1. The minimum Gasteiger partial charge on any atom is -0.310 e. The summed E-state index contributed by atoms with van der Waals surface area (Å²) in [7, 11) is -3.37. The van der Waals surface area contributed by atoms with Crippen molar-refractivity contribution < 1.29 is 8.42 Å². The van der Waals surface area contributed by atoms with Gasteiger partial charge >= 0.3 is 0 Å². The van der Waals surface area contributed by atoms with E-state index in [1.54, 1.807) is 12.1 Å². The van der Waals surface area contributed by atoms with Crippen molar-refractivity contribution in [3.63, 3.8) is 0 Å². The van der Waals surface area contributed by atoms with Crippen LogP contribution < -0.4 is 10.0 Å². The molecule has 5 heteroatoms. The highest BCUT2D eigenvalue weighted by atomic mass is 32.2. The average molecular weight is 308 g/mol. The van der Waals surface area contributed by atoms with Crippen LogP contribution in [0.25, 0.3) is 0 Å². The number of benzene rings is 1. The van der Waals surface area contributed by atoms with Crippen LogP contribution in [-0.4, -0.2) is 20.5 Å². The second-order valence-corrected chi connectivity index (χ2v) is 8.25. The first-order valence-corrected chi connectivity index (χ1v) is 9.36. The first-order chi connectivity index (χ1) is 10.0. The van der Waals surface area contributed by atoms with Crippen LogP contribution in [0.4, 0.5) is 0 Å². The Kier molecular flexibility index (Phi) is 4.33. The van der Waals surface area contributed by atoms with E-state index in [1.165, 1.54) is 12.8 Å². The monoisotopic (exact) mass is 308 g/mol. The molecule has 21 heavy (non-hydrogen) atoms. The van der Waals surface area contributed by atoms with Crippen molar-refractivity contribution >= 4 is 10.0 Å². The summed E-state index contributed by atoms with van der Waals surface area (Å²) in [5.74, 6) is 0.619. The van der Waals surface area contributed by atoms with Crippen molar-refractivity contribution in [3.05, 3.63) is 29.8 Å². The SMILES string of the molecule is CC1CCC(NS(=O)(=O)c2ccc(CNC3CC3)cc2)C1. The Morgan fingerprint density at radius 2 is 1.71 bits per heavy atom. The summed E-state index contributed by atoms with van der Waals surface area (Å²) < 4.78 is 27.5. The molecule has 0 aromatic heterocycles. The van der Waals surface area contributed by atoms with Gasteiger partial charge in [0.2, 0.25) is 10.0 Å². The Hall–Kier alpha value is -0.910. The first-order valence-electron chi connectivity index (χ1n) is 7.87. The molecule has 2 atom stereocenters. The van der Waals surface area contributed by atoms with E-state index in [-0.39, 0.29) is 6.04 Å². The third-order valence-electron chi connectivity index (χ3n) is 4.42. The van der Waals surface area contributed by atoms with Crippen molar-refractivity contribution in [2.24, 2.45) is 5.92 Å². The second kappa shape index (κ2) is 6.07. The van der Waals surface area contributed by atoms with E-state index in [9.17, 15) is 8.42 Å². The molecule has 2 unspecified atom stereocenters. The van der Waals surface area contributed by atoms with Gasteiger partial charge in [-0.05, 0) is 55.7 Å². The van der Waals surface area contributed by atoms with Gasteiger partial charge in [0.15, 0.2) is 0 Å². The zero-order valence-electron chi connectivity index (χ0n) is 12.5. The fraction of sp³-hybridized carbons (Fsp3) is 0.625. The van der Waals surface area contributed by atoms with Gasteiger partial charge in [-0.2, -0.15) is 0 Å². The van der Waals surface area contributed by atoms with Crippen molar-refractivity contribution in [1.29, 1.82) is 0 Å². The fourth-order valence-electron chi connectivity index (χ4n) is 2.94. The molecular weight excluding hydrogens is 284 g/mol. The highest BCUT2D eigenvalue weighted by molar-refractivity contribution is 7.89. The first kappa shape index (κ1) is 15.0. The number of rotatable bonds is 6. The normalized spacial score (nSPS) is 26.1. The number of nitrogens with one attached hydrogen (secondary N) is 2. The lowest BCUT2D eigenvalue weighted by atomic mass is 10.1. The smallest absolute Gasteiger partial charge is 0.240 e. The molecule has 2 N–H and O–H groups in total. The van der Waals surface area contributed by atoms with Gasteiger partial charge in [-0.15, -0.1) is 0 Å². The van der Waals surface area contributed by atoms with Gasteiger partial charge in [0, 0.05) is 18.6 Å². The molecule has 2 saturated carbocycles. The molecule has 0 spiro atoms. The molecule has 1 aromatic rings. The summed E-state index contributed by atoms with van der Waals surface area (Å²) in [6.07, 6.45) is 5.53.